The lowest BCUT2D eigenvalue weighted by Crippen LogP contribution is -2.20. The highest BCUT2D eigenvalue weighted by molar-refractivity contribution is 6.00. The van der Waals surface area contributed by atoms with E-state index in [4.69, 9.17) is 4.42 Å². The molecule has 1 amide bonds. The Balaban J connectivity index is 1.99. The molecule has 1 N–H and O–H groups in total. The molecule has 1 aliphatic rings. The number of nitrogens with zero attached hydrogens (tertiary/aromatic N) is 1. The highest BCUT2D eigenvalue weighted by Crippen LogP contribution is 2.31. The van der Waals surface area contributed by atoms with Crippen molar-refractivity contribution in [2.45, 2.75) is 12.5 Å². The van der Waals surface area contributed by atoms with E-state index in [0.29, 0.717) is 6.42 Å². The van der Waals surface area contributed by atoms with Crippen LogP contribution in [-0.4, -0.2) is 20.0 Å². The van der Waals surface area contributed by atoms with Crippen LogP contribution in [0.15, 0.2) is 41.2 Å². The van der Waals surface area contributed by atoms with Crippen LogP contribution in [0.3, 0.4) is 0 Å². The minimum atomic E-state index is 0.0880. The maximum absolute atomic E-state index is 11.7. The second kappa shape index (κ2) is 4.55. The molecule has 1 aliphatic heterocycles. The number of hydrogen-bond donors (Lipinski definition) is 1. The monoisotopic (exact) mass is 256 g/mol. The van der Waals surface area contributed by atoms with Crippen LogP contribution in [0.1, 0.15) is 22.7 Å². The van der Waals surface area contributed by atoms with E-state index in [2.05, 4.69) is 17.4 Å². The van der Waals surface area contributed by atoms with E-state index in [1.807, 2.05) is 26.2 Å². The molecular weight excluding hydrogens is 240 g/mol. The number of carbonyl (C=O) groups excluding carboxylic acids is 1. The number of furan rings is 1. The van der Waals surface area contributed by atoms with Gasteiger partial charge in [-0.2, -0.15) is 0 Å². The number of nitrogens with one attached hydrogen (secondary N) is 1. The molecule has 3 rings (SSSR count). The van der Waals surface area contributed by atoms with Crippen molar-refractivity contribution in [3.8, 4) is 0 Å². The van der Waals surface area contributed by atoms with Crippen molar-refractivity contribution in [3.63, 3.8) is 0 Å². The zero-order valence-corrected chi connectivity index (χ0v) is 11.0. The molecule has 0 fully saturated rings. The third kappa shape index (κ3) is 1.94. The summed E-state index contributed by atoms with van der Waals surface area (Å²) in [5, 5.41) is 3.28. The number of benzene rings is 1. The fourth-order valence-corrected chi connectivity index (χ4v) is 2.63. The van der Waals surface area contributed by atoms with Crippen molar-refractivity contribution >= 4 is 11.6 Å². The lowest BCUT2D eigenvalue weighted by Gasteiger charge is -2.17. The Morgan fingerprint density at radius 3 is 2.84 bits per heavy atom. The second-order valence-electron chi connectivity index (χ2n) is 4.80. The number of hydrogen-bond acceptors (Lipinski definition) is 3. The molecule has 98 valence electrons. The molecule has 4 nitrogen and oxygen atoms in total. The van der Waals surface area contributed by atoms with E-state index in [1.165, 1.54) is 0 Å². The first-order valence-corrected chi connectivity index (χ1v) is 6.29. The summed E-state index contributed by atoms with van der Waals surface area (Å²) >= 11 is 0. The largest absolute Gasteiger partial charge is 0.472 e. The molecule has 2 heterocycles. The number of fused-ring (bicyclic) bond motifs is 1. The fraction of sp³-hybridized carbons (Fsp3) is 0.267. The molecule has 4 heteroatoms. The van der Waals surface area contributed by atoms with Crippen LogP contribution in [-0.2, 0) is 11.2 Å². The second-order valence-corrected chi connectivity index (χ2v) is 4.80. The molecule has 0 spiro atoms. The first-order valence-electron chi connectivity index (χ1n) is 6.29. The average molecular weight is 256 g/mol. The molecule has 1 aromatic heterocycles. The number of anilines is 1. The summed E-state index contributed by atoms with van der Waals surface area (Å²) in [5.41, 5.74) is 4.33. The fourth-order valence-electron chi connectivity index (χ4n) is 2.63. The van der Waals surface area contributed by atoms with Crippen molar-refractivity contribution in [2.75, 3.05) is 19.0 Å². The third-order valence-electron chi connectivity index (χ3n) is 3.68. The molecular formula is C15H16N2O2. The van der Waals surface area contributed by atoms with E-state index < -0.39 is 0 Å². The number of rotatable bonds is 3. The van der Waals surface area contributed by atoms with Gasteiger partial charge in [0.15, 0.2) is 0 Å². The molecule has 0 saturated heterocycles. The van der Waals surface area contributed by atoms with Crippen LogP contribution in [0, 0.1) is 0 Å². The summed E-state index contributed by atoms with van der Waals surface area (Å²) in [5.74, 6) is 0.150. The topological polar surface area (TPSA) is 45.5 Å². The van der Waals surface area contributed by atoms with Gasteiger partial charge in [-0.05, 0) is 30.3 Å². The molecule has 0 aliphatic carbocycles. The van der Waals surface area contributed by atoms with Gasteiger partial charge in [-0.25, -0.2) is 0 Å². The van der Waals surface area contributed by atoms with Crippen molar-refractivity contribution in [3.05, 3.63) is 53.5 Å². The van der Waals surface area contributed by atoms with Crippen LogP contribution >= 0.6 is 0 Å². The molecule has 0 radical (unpaired) electrons. The molecule has 2 aromatic rings. The predicted molar refractivity (Wildman–Crippen MR) is 73.2 cm³/mol. The maximum Gasteiger partial charge on any atom is 0.231 e. The maximum atomic E-state index is 11.7. The van der Waals surface area contributed by atoms with E-state index in [9.17, 15) is 4.79 Å². The number of likely N-dealkylation sites (N-methyl/N-ethyl adjacent to an activating group) is 1. The van der Waals surface area contributed by atoms with Crippen LogP contribution < -0.4 is 10.2 Å². The van der Waals surface area contributed by atoms with Crippen molar-refractivity contribution < 1.29 is 9.21 Å². The van der Waals surface area contributed by atoms with E-state index in [0.717, 1.165) is 22.4 Å². The van der Waals surface area contributed by atoms with Gasteiger partial charge in [-0.3, -0.25) is 4.79 Å². The Labute approximate surface area is 112 Å². The van der Waals surface area contributed by atoms with Crippen molar-refractivity contribution in [2.24, 2.45) is 0 Å². The Kier molecular flexibility index (Phi) is 2.87. The van der Waals surface area contributed by atoms with Crippen LogP contribution in [0.4, 0.5) is 5.69 Å². The van der Waals surface area contributed by atoms with Gasteiger partial charge < -0.3 is 14.6 Å². The third-order valence-corrected chi connectivity index (χ3v) is 3.68. The molecule has 1 unspecified atom stereocenters. The lowest BCUT2D eigenvalue weighted by molar-refractivity contribution is -0.117. The van der Waals surface area contributed by atoms with Gasteiger partial charge in [-0.1, -0.05) is 12.1 Å². The predicted octanol–water partition coefficient (Wildman–Crippen LogP) is 2.11. The summed E-state index contributed by atoms with van der Waals surface area (Å²) in [6, 6.07) is 8.21. The first kappa shape index (κ1) is 12.0. The van der Waals surface area contributed by atoms with Gasteiger partial charge in [-0.15, -0.1) is 0 Å². The summed E-state index contributed by atoms with van der Waals surface area (Å²) in [6.45, 7) is 0. The summed E-state index contributed by atoms with van der Waals surface area (Å²) < 4.78 is 5.14. The van der Waals surface area contributed by atoms with E-state index >= 15 is 0 Å². The SMILES string of the molecule is CNC(c1ccoc1)c1ccc2c(c1)CC(=O)N2C. The van der Waals surface area contributed by atoms with E-state index in [-0.39, 0.29) is 11.9 Å². The first-order chi connectivity index (χ1) is 9.20. The number of amides is 1. The molecule has 1 aromatic carbocycles. The van der Waals surface area contributed by atoms with Crippen molar-refractivity contribution in [1.29, 1.82) is 0 Å². The summed E-state index contributed by atoms with van der Waals surface area (Å²) in [7, 11) is 3.74. The normalized spacial score (nSPS) is 15.7. The van der Waals surface area contributed by atoms with Crippen LogP contribution in [0.25, 0.3) is 0 Å². The van der Waals surface area contributed by atoms with Gasteiger partial charge >= 0.3 is 0 Å². The van der Waals surface area contributed by atoms with Crippen molar-refractivity contribution in [1.82, 2.24) is 5.32 Å². The Hall–Kier alpha value is -2.07. The van der Waals surface area contributed by atoms with Crippen LogP contribution in [0.2, 0.25) is 0 Å². The molecule has 1 atom stereocenters. The minimum Gasteiger partial charge on any atom is -0.472 e. The quantitative estimate of drug-likeness (QED) is 0.914. The van der Waals surface area contributed by atoms with Gasteiger partial charge in [0, 0.05) is 18.3 Å². The van der Waals surface area contributed by atoms with E-state index in [1.54, 1.807) is 17.4 Å². The smallest absolute Gasteiger partial charge is 0.231 e. The zero-order valence-electron chi connectivity index (χ0n) is 11.0. The molecule has 19 heavy (non-hydrogen) atoms. The molecule has 0 bridgehead atoms. The lowest BCUT2D eigenvalue weighted by atomic mass is 9.98. The highest BCUT2D eigenvalue weighted by Gasteiger charge is 2.25. The van der Waals surface area contributed by atoms with Gasteiger partial charge in [0.05, 0.1) is 25.0 Å². The van der Waals surface area contributed by atoms with Crippen LogP contribution in [0.5, 0.6) is 0 Å². The summed E-state index contributed by atoms with van der Waals surface area (Å²) in [4.78, 5) is 13.4. The Bertz CT molecular complexity index is 605. The standard InChI is InChI=1S/C15H16N2O2/c1-16-15(11-5-6-19-9-11)10-3-4-13-12(7-10)8-14(18)17(13)2/h3-7,9,15-16H,8H2,1-2H3. The van der Waals surface area contributed by atoms with Gasteiger partial charge in [0.2, 0.25) is 5.91 Å². The Morgan fingerprint density at radius 2 is 2.16 bits per heavy atom. The molecule has 0 saturated carbocycles. The Morgan fingerprint density at radius 1 is 1.32 bits per heavy atom. The summed E-state index contributed by atoms with van der Waals surface area (Å²) in [6.07, 6.45) is 3.90. The average Bonchev–Trinajstić information content (AvgIpc) is 3.01. The zero-order chi connectivity index (χ0) is 13.4. The van der Waals surface area contributed by atoms with Gasteiger partial charge in [0.25, 0.3) is 0 Å². The number of carbonyl (C=O) groups is 1. The minimum absolute atomic E-state index is 0.0880. The van der Waals surface area contributed by atoms with Gasteiger partial charge in [0.1, 0.15) is 0 Å². The highest BCUT2D eigenvalue weighted by atomic mass is 16.3.